The number of imidazole rings is 1. The lowest BCUT2D eigenvalue weighted by Gasteiger charge is -2.19. The molecule has 78 valence electrons. The number of carbonyl (C=O) groups excluding carboxylic acids is 1. The van der Waals surface area contributed by atoms with E-state index in [1.165, 1.54) is 0 Å². The topological polar surface area (TPSA) is 81.6 Å². The van der Waals surface area contributed by atoms with Crippen molar-refractivity contribution < 1.29 is 4.79 Å². The molecule has 1 aromatic rings. The van der Waals surface area contributed by atoms with Gasteiger partial charge in [0, 0.05) is 18.0 Å². The summed E-state index contributed by atoms with van der Waals surface area (Å²) in [4.78, 5) is 18.8. The maximum atomic E-state index is 11.6. The van der Waals surface area contributed by atoms with E-state index in [9.17, 15) is 4.79 Å². The summed E-state index contributed by atoms with van der Waals surface area (Å²) in [6.07, 6.45) is 4.02. The summed E-state index contributed by atoms with van der Waals surface area (Å²) < 4.78 is 0. The highest BCUT2D eigenvalue weighted by atomic mass is 16.1. The molecule has 1 aliphatic rings. The smallest absolute Gasteiger partial charge is 0.224 e. The number of aromatic nitrogens is 2. The van der Waals surface area contributed by atoms with Gasteiger partial charge >= 0.3 is 0 Å². The van der Waals surface area contributed by atoms with Crippen molar-refractivity contribution in [1.82, 2.24) is 15.3 Å². The summed E-state index contributed by atoms with van der Waals surface area (Å²) in [7, 11) is 0. The molecule has 1 unspecified atom stereocenters. The quantitative estimate of drug-likeness (QED) is 0.673. The molecule has 1 aliphatic carbocycles. The van der Waals surface area contributed by atoms with Crippen LogP contribution in [0.25, 0.3) is 0 Å². The first-order valence-corrected chi connectivity index (χ1v) is 4.97. The molecule has 1 aromatic heterocycles. The van der Waals surface area contributed by atoms with Crippen molar-refractivity contribution in [2.24, 2.45) is 5.92 Å². The normalized spacial score (nSPS) is 19.0. The number of rotatable bonds is 2. The predicted molar refractivity (Wildman–Crippen MR) is 52.7 cm³/mol. The Morgan fingerprint density at radius 3 is 3.47 bits per heavy atom. The number of hydrogen-bond acceptors (Lipinski definition) is 3. The Balaban J connectivity index is 1.98. The van der Waals surface area contributed by atoms with Crippen LogP contribution in [0.5, 0.6) is 0 Å². The Kier molecular flexibility index (Phi) is 2.68. The second-order valence-electron chi connectivity index (χ2n) is 3.64. The molecule has 0 radical (unpaired) electrons. The Labute approximate surface area is 87.5 Å². The van der Waals surface area contributed by atoms with Gasteiger partial charge in [0.1, 0.15) is 6.54 Å². The molecule has 5 heteroatoms. The number of fused-ring (bicyclic) bond motifs is 1. The SMILES string of the molecule is N#CCNC(=O)C1CCc2nc[nH]c2C1. The zero-order valence-corrected chi connectivity index (χ0v) is 8.29. The minimum absolute atomic E-state index is 0.0219. The number of aryl methyl sites for hydroxylation is 1. The van der Waals surface area contributed by atoms with Crippen LogP contribution >= 0.6 is 0 Å². The monoisotopic (exact) mass is 204 g/mol. The Morgan fingerprint density at radius 2 is 2.67 bits per heavy atom. The second-order valence-corrected chi connectivity index (χ2v) is 3.64. The van der Waals surface area contributed by atoms with E-state index in [2.05, 4.69) is 15.3 Å². The number of nitrogens with zero attached hydrogens (tertiary/aromatic N) is 2. The highest BCUT2D eigenvalue weighted by Gasteiger charge is 2.25. The summed E-state index contributed by atoms with van der Waals surface area (Å²) >= 11 is 0. The summed E-state index contributed by atoms with van der Waals surface area (Å²) in [5.41, 5.74) is 2.12. The Bertz CT molecular complexity index is 404. The number of H-pyrrole nitrogens is 1. The molecular weight excluding hydrogens is 192 g/mol. The third-order valence-electron chi connectivity index (χ3n) is 2.70. The number of amides is 1. The first kappa shape index (κ1) is 9.71. The number of hydrogen-bond donors (Lipinski definition) is 2. The van der Waals surface area contributed by atoms with Crippen LogP contribution in [0.15, 0.2) is 6.33 Å². The van der Waals surface area contributed by atoms with Crippen LogP contribution in [0.4, 0.5) is 0 Å². The summed E-state index contributed by atoms with van der Waals surface area (Å²) in [5, 5.41) is 10.9. The highest BCUT2D eigenvalue weighted by molar-refractivity contribution is 5.79. The van der Waals surface area contributed by atoms with Gasteiger partial charge in [0.25, 0.3) is 0 Å². The van der Waals surface area contributed by atoms with Crippen LogP contribution in [-0.4, -0.2) is 22.4 Å². The second kappa shape index (κ2) is 4.13. The number of nitrogens with one attached hydrogen (secondary N) is 2. The van der Waals surface area contributed by atoms with Crippen molar-refractivity contribution in [2.75, 3.05) is 6.54 Å². The van der Waals surface area contributed by atoms with Gasteiger partial charge in [0.2, 0.25) is 5.91 Å². The van der Waals surface area contributed by atoms with Gasteiger partial charge in [-0.25, -0.2) is 4.98 Å². The van der Waals surface area contributed by atoms with E-state index >= 15 is 0 Å². The minimum atomic E-state index is -0.0307. The van der Waals surface area contributed by atoms with Crippen LogP contribution in [0, 0.1) is 17.2 Å². The van der Waals surface area contributed by atoms with Gasteiger partial charge in [-0.15, -0.1) is 0 Å². The summed E-state index contributed by atoms with van der Waals surface area (Å²) in [5.74, 6) is -0.0527. The maximum Gasteiger partial charge on any atom is 0.224 e. The molecule has 1 atom stereocenters. The third-order valence-corrected chi connectivity index (χ3v) is 2.70. The number of carbonyl (C=O) groups is 1. The van der Waals surface area contributed by atoms with Gasteiger partial charge in [-0.1, -0.05) is 0 Å². The van der Waals surface area contributed by atoms with Crippen molar-refractivity contribution >= 4 is 5.91 Å². The molecule has 0 aliphatic heterocycles. The van der Waals surface area contributed by atoms with Crippen molar-refractivity contribution in [2.45, 2.75) is 19.3 Å². The fraction of sp³-hybridized carbons (Fsp3) is 0.500. The van der Waals surface area contributed by atoms with E-state index in [0.29, 0.717) is 6.42 Å². The molecule has 1 heterocycles. The molecule has 0 fully saturated rings. The molecular formula is C10H12N4O. The van der Waals surface area contributed by atoms with Gasteiger partial charge in [-0.2, -0.15) is 5.26 Å². The van der Waals surface area contributed by atoms with E-state index in [-0.39, 0.29) is 18.4 Å². The lowest BCUT2D eigenvalue weighted by Crippen LogP contribution is -2.34. The van der Waals surface area contributed by atoms with E-state index < -0.39 is 0 Å². The van der Waals surface area contributed by atoms with Gasteiger partial charge in [-0.05, 0) is 12.8 Å². The number of aromatic amines is 1. The first-order valence-electron chi connectivity index (χ1n) is 4.97. The third kappa shape index (κ3) is 1.99. The molecule has 1 amide bonds. The molecule has 0 saturated heterocycles. The van der Waals surface area contributed by atoms with Gasteiger partial charge in [0.05, 0.1) is 18.1 Å². The van der Waals surface area contributed by atoms with Crippen LogP contribution in [0.3, 0.4) is 0 Å². The fourth-order valence-corrected chi connectivity index (χ4v) is 1.90. The predicted octanol–water partition coefficient (Wildman–Crippen LogP) is 0.154. The summed E-state index contributed by atoms with van der Waals surface area (Å²) in [6.45, 7) is 0.0885. The average molecular weight is 204 g/mol. The molecule has 2 rings (SSSR count). The first-order chi connectivity index (χ1) is 7.31. The lowest BCUT2D eigenvalue weighted by atomic mass is 9.89. The van der Waals surface area contributed by atoms with Crippen LogP contribution < -0.4 is 5.32 Å². The summed E-state index contributed by atoms with van der Waals surface area (Å²) in [6, 6.07) is 1.90. The van der Waals surface area contributed by atoms with Gasteiger partial charge in [-0.3, -0.25) is 4.79 Å². The number of nitriles is 1. The fourth-order valence-electron chi connectivity index (χ4n) is 1.90. The maximum absolute atomic E-state index is 11.6. The van der Waals surface area contributed by atoms with E-state index in [4.69, 9.17) is 5.26 Å². The molecule has 0 saturated carbocycles. The van der Waals surface area contributed by atoms with Crippen molar-refractivity contribution in [3.05, 3.63) is 17.7 Å². The molecule has 0 aromatic carbocycles. The van der Waals surface area contributed by atoms with Crippen molar-refractivity contribution in [3.8, 4) is 6.07 Å². The van der Waals surface area contributed by atoms with Crippen LogP contribution in [-0.2, 0) is 17.6 Å². The lowest BCUT2D eigenvalue weighted by molar-refractivity contribution is -0.125. The van der Waals surface area contributed by atoms with Crippen LogP contribution in [0.1, 0.15) is 17.8 Å². The zero-order valence-electron chi connectivity index (χ0n) is 8.29. The van der Waals surface area contributed by atoms with Crippen molar-refractivity contribution in [1.29, 1.82) is 5.26 Å². The molecule has 0 spiro atoms. The molecule has 15 heavy (non-hydrogen) atoms. The standard InChI is InChI=1S/C10H12N4O/c11-3-4-12-10(15)7-1-2-8-9(5-7)14-6-13-8/h6-7H,1-2,4-5H2,(H,12,15)(H,13,14). The van der Waals surface area contributed by atoms with Crippen molar-refractivity contribution in [3.63, 3.8) is 0 Å². The molecule has 0 bridgehead atoms. The van der Waals surface area contributed by atoms with Crippen LogP contribution in [0.2, 0.25) is 0 Å². The zero-order chi connectivity index (χ0) is 10.7. The van der Waals surface area contributed by atoms with E-state index in [1.54, 1.807) is 6.33 Å². The average Bonchev–Trinajstić information content (AvgIpc) is 2.72. The molecule has 5 nitrogen and oxygen atoms in total. The highest BCUT2D eigenvalue weighted by Crippen LogP contribution is 2.22. The van der Waals surface area contributed by atoms with E-state index in [0.717, 1.165) is 24.2 Å². The van der Waals surface area contributed by atoms with E-state index in [1.807, 2.05) is 6.07 Å². The Hall–Kier alpha value is -1.83. The molecule has 2 N–H and O–H groups in total. The minimum Gasteiger partial charge on any atom is -0.348 e. The van der Waals surface area contributed by atoms with Gasteiger partial charge < -0.3 is 10.3 Å². The van der Waals surface area contributed by atoms with Gasteiger partial charge in [0.15, 0.2) is 0 Å². The Morgan fingerprint density at radius 1 is 1.80 bits per heavy atom. The largest absolute Gasteiger partial charge is 0.348 e.